The monoisotopic (exact) mass is 369 g/mol. The number of pyridine rings is 2. The summed E-state index contributed by atoms with van der Waals surface area (Å²) in [7, 11) is 0. The van der Waals surface area contributed by atoms with Gasteiger partial charge in [-0.2, -0.15) is 11.8 Å². The average Bonchev–Trinajstić information content (AvgIpc) is 2.66. The quantitative estimate of drug-likeness (QED) is 0.523. The molecule has 0 unspecified atom stereocenters. The summed E-state index contributed by atoms with van der Waals surface area (Å²) < 4.78 is 0. The van der Waals surface area contributed by atoms with Crippen molar-refractivity contribution < 1.29 is 5.11 Å². The summed E-state index contributed by atoms with van der Waals surface area (Å²) in [6.07, 6.45) is 7.19. The number of nitrogens with one attached hydrogen (secondary N) is 2. The van der Waals surface area contributed by atoms with Crippen molar-refractivity contribution in [2.24, 2.45) is 0 Å². The minimum atomic E-state index is -0.155. The summed E-state index contributed by atoms with van der Waals surface area (Å²) in [6.45, 7) is 0.642. The Kier molecular flexibility index (Phi) is 6.21. The first-order valence-electron chi connectivity index (χ1n) is 8.14. The van der Waals surface area contributed by atoms with Crippen LogP contribution in [0.5, 0.6) is 5.75 Å². The van der Waals surface area contributed by atoms with Gasteiger partial charge in [0, 0.05) is 54.8 Å². The molecule has 7 nitrogen and oxygen atoms in total. The minimum absolute atomic E-state index is 0.155. The Morgan fingerprint density at radius 1 is 1.15 bits per heavy atom. The Morgan fingerprint density at radius 3 is 2.81 bits per heavy atom. The molecular formula is C18H19N5O2S. The Morgan fingerprint density at radius 2 is 2.04 bits per heavy atom. The number of thioether (sulfide) groups is 1. The van der Waals surface area contributed by atoms with Crippen molar-refractivity contribution in [3.05, 3.63) is 76.2 Å². The molecule has 3 aromatic rings. The van der Waals surface area contributed by atoms with Gasteiger partial charge in [-0.3, -0.25) is 19.7 Å². The molecule has 0 aliphatic rings. The lowest BCUT2D eigenvalue weighted by Crippen LogP contribution is -2.18. The van der Waals surface area contributed by atoms with Crippen LogP contribution in [0.1, 0.15) is 16.8 Å². The topological polar surface area (TPSA) is 104 Å². The van der Waals surface area contributed by atoms with Crippen LogP contribution in [0, 0.1) is 0 Å². The first-order valence-corrected chi connectivity index (χ1v) is 9.29. The molecule has 3 heterocycles. The van der Waals surface area contributed by atoms with Crippen LogP contribution in [-0.2, 0) is 12.2 Å². The Bertz CT molecular complexity index is 901. The molecule has 0 aliphatic carbocycles. The van der Waals surface area contributed by atoms with Gasteiger partial charge in [0.2, 0.25) is 5.95 Å². The zero-order chi connectivity index (χ0) is 18.2. The number of anilines is 1. The van der Waals surface area contributed by atoms with E-state index in [4.69, 9.17) is 0 Å². The third kappa shape index (κ3) is 5.06. The number of nitrogens with zero attached hydrogens (tertiary/aromatic N) is 3. The lowest BCUT2D eigenvalue weighted by atomic mass is 10.1. The SMILES string of the molecule is O=c1[nH]c(NCCSCc2ncccc2O)ncc1Cc1cccnc1. The molecule has 0 atom stereocenters. The van der Waals surface area contributed by atoms with E-state index in [9.17, 15) is 9.90 Å². The maximum Gasteiger partial charge on any atom is 0.255 e. The van der Waals surface area contributed by atoms with Gasteiger partial charge >= 0.3 is 0 Å². The average molecular weight is 369 g/mol. The van der Waals surface area contributed by atoms with Crippen LogP contribution in [0.4, 0.5) is 5.95 Å². The highest BCUT2D eigenvalue weighted by Gasteiger charge is 2.05. The maximum absolute atomic E-state index is 12.2. The van der Waals surface area contributed by atoms with E-state index in [0.29, 0.717) is 35.9 Å². The molecule has 3 N–H and O–H groups in total. The van der Waals surface area contributed by atoms with E-state index in [1.165, 1.54) is 0 Å². The third-order valence-corrected chi connectivity index (χ3v) is 4.60. The van der Waals surface area contributed by atoms with Crippen molar-refractivity contribution in [2.45, 2.75) is 12.2 Å². The minimum Gasteiger partial charge on any atom is -0.506 e. The molecule has 0 aliphatic heterocycles. The van der Waals surface area contributed by atoms with E-state index in [2.05, 4.69) is 25.3 Å². The molecule has 26 heavy (non-hydrogen) atoms. The summed E-state index contributed by atoms with van der Waals surface area (Å²) in [5.41, 5.74) is 2.08. The van der Waals surface area contributed by atoms with Crippen LogP contribution in [0.15, 0.2) is 53.8 Å². The number of hydrogen-bond donors (Lipinski definition) is 3. The Balaban J connectivity index is 1.46. The second-order valence-electron chi connectivity index (χ2n) is 5.57. The van der Waals surface area contributed by atoms with Gasteiger partial charge in [0.25, 0.3) is 5.56 Å². The highest BCUT2D eigenvalue weighted by atomic mass is 32.2. The van der Waals surface area contributed by atoms with E-state index in [0.717, 1.165) is 11.3 Å². The van der Waals surface area contributed by atoms with Gasteiger partial charge in [0.1, 0.15) is 5.75 Å². The highest BCUT2D eigenvalue weighted by Crippen LogP contribution is 2.18. The molecule has 0 saturated heterocycles. The third-order valence-electron chi connectivity index (χ3n) is 3.63. The van der Waals surface area contributed by atoms with Crippen molar-refractivity contribution in [3.8, 4) is 5.75 Å². The van der Waals surface area contributed by atoms with Crippen LogP contribution in [0.3, 0.4) is 0 Å². The number of aromatic amines is 1. The zero-order valence-corrected chi connectivity index (χ0v) is 14.9. The van der Waals surface area contributed by atoms with Gasteiger partial charge in [-0.25, -0.2) is 4.98 Å². The molecular weight excluding hydrogens is 350 g/mol. The van der Waals surface area contributed by atoms with Crippen LogP contribution < -0.4 is 10.9 Å². The molecule has 0 saturated carbocycles. The standard InChI is InChI=1S/C18H19N5O2S/c24-16-4-2-6-20-15(16)12-26-8-7-21-18-22-11-14(17(25)23-18)9-13-3-1-5-19-10-13/h1-6,10-11,24H,7-9,12H2,(H2,21,22,23,25). The molecule has 8 heteroatoms. The number of H-pyrrole nitrogens is 1. The molecule has 0 amide bonds. The summed E-state index contributed by atoms with van der Waals surface area (Å²) in [5, 5.41) is 12.8. The molecule has 0 bridgehead atoms. The zero-order valence-electron chi connectivity index (χ0n) is 14.1. The van der Waals surface area contributed by atoms with Crippen molar-refractivity contribution in [1.29, 1.82) is 0 Å². The van der Waals surface area contributed by atoms with Crippen molar-refractivity contribution in [2.75, 3.05) is 17.6 Å². The molecule has 0 fully saturated rings. The van der Waals surface area contributed by atoms with E-state index in [-0.39, 0.29) is 11.3 Å². The van der Waals surface area contributed by atoms with Gasteiger partial charge in [-0.05, 0) is 23.8 Å². The summed E-state index contributed by atoms with van der Waals surface area (Å²) in [5.74, 6) is 2.08. The van der Waals surface area contributed by atoms with E-state index >= 15 is 0 Å². The summed E-state index contributed by atoms with van der Waals surface area (Å²) in [6, 6.07) is 7.10. The van der Waals surface area contributed by atoms with Gasteiger partial charge in [0.15, 0.2) is 0 Å². The highest BCUT2D eigenvalue weighted by molar-refractivity contribution is 7.98. The van der Waals surface area contributed by atoms with Gasteiger partial charge in [-0.15, -0.1) is 0 Å². The van der Waals surface area contributed by atoms with Crippen LogP contribution >= 0.6 is 11.8 Å². The normalized spacial score (nSPS) is 10.6. The van der Waals surface area contributed by atoms with E-state index < -0.39 is 0 Å². The number of aromatic hydroxyl groups is 1. The van der Waals surface area contributed by atoms with E-state index in [1.807, 2.05) is 12.1 Å². The molecule has 3 aromatic heterocycles. The fourth-order valence-electron chi connectivity index (χ4n) is 2.31. The predicted octanol–water partition coefficient (Wildman–Crippen LogP) is 2.20. The summed E-state index contributed by atoms with van der Waals surface area (Å²) in [4.78, 5) is 27.3. The van der Waals surface area contributed by atoms with Gasteiger partial charge in [0.05, 0.1) is 5.69 Å². The molecule has 134 valence electrons. The van der Waals surface area contributed by atoms with Crippen molar-refractivity contribution >= 4 is 17.7 Å². The van der Waals surface area contributed by atoms with Gasteiger partial charge in [-0.1, -0.05) is 6.07 Å². The maximum atomic E-state index is 12.2. The number of aromatic nitrogens is 4. The van der Waals surface area contributed by atoms with E-state index in [1.54, 1.807) is 48.7 Å². The lowest BCUT2D eigenvalue weighted by molar-refractivity contribution is 0.467. The molecule has 0 spiro atoms. The fourth-order valence-corrected chi connectivity index (χ4v) is 3.12. The Hall–Kier alpha value is -2.87. The Labute approximate surface area is 155 Å². The number of rotatable bonds is 8. The van der Waals surface area contributed by atoms with Crippen LogP contribution in [-0.4, -0.2) is 37.3 Å². The lowest BCUT2D eigenvalue weighted by Gasteiger charge is -2.07. The first kappa shape index (κ1) is 17.9. The van der Waals surface area contributed by atoms with Crippen molar-refractivity contribution in [3.63, 3.8) is 0 Å². The van der Waals surface area contributed by atoms with Crippen LogP contribution in [0.2, 0.25) is 0 Å². The largest absolute Gasteiger partial charge is 0.506 e. The predicted molar refractivity (Wildman–Crippen MR) is 102 cm³/mol. The number of hydrogen-bond acceptors (Lipinski definition) is 7. The van der Waals surface area contributed by atoms with Crippen LogP contribution in [0.25, 0.3) is 0 Å². The molecule has 3 rings (SSSR count). The fraction of sp³-hybridized carbons (Fsp3) is 0.222. The molecule has 0 aromatic carbocycles. The smallest absolute Gasteiger partial charge is 0.255 e. The van der Waals surface area contributed by atoms with Gasteiger partial charge < -0.3 is 10.4 Å². The second kappa shape index (κ2) is 9.00. The first-order chi connectivity index (χ1) is 12.7. The molecule has 0 radical (unpaired) electrons. The second-order valence-corrected chi connectivity index (χ2v) is 6.68. The van der Waals surface area contributed by atoms with Crippen molar-refractivity contribution in [1.82, 2.24) is 19.9 Å². The summed E-state index contributed by atoms with van der Waals surface area (Å²) >= 11 is 1.64.